The van der Waals surface area contributed by atoms with E-state index >= 15 is 0 Å². The Labute approximate surface area is 179 Å². The summed E-state index contributed by atoms with van der Waals surface area (Å²) in [6, 6.07) is 21.1. The average Bonchev–Trinajstić information content (AvgIpc) is 2.78. The summed E-state index contributed by atoms with van der Waals surface area (Å²) >= 11 is 6.02. The van der Waals surface area contributed by atoms with Crippen molar-refractivity contribution in [3.05, 3.63) is 94.0 Å². The summed E-state index contributed by atoms with van der Waals surface area (Å²) in [5.41, 5.74) is 4.95. The number of carbonyl (C=O) groups is 1. The summed E-state index contributed by atoms with van der Waals surface area (Å²) in [5.74, 6) is 0.915. The molecule has 0 aliphatic heterocycles. The molecule has 0 aliphatic rings. The van der Waals surface area contributed by atoms with Crippen LogP contribution in [-0.2, 0) is 6.61 Å². The highest BCUT2D eigenvalue weighted by atomic mass is 35.5. The molecule has 0 aromatic heterocycles. The second kappa shape index (κ2) is 10.1. The predicted octanol–water partition coefficient (Wildman–Crippen LogP) is 4.56. The summed E-state index contributed by atoms with van der Waals surface area (Å²) in [5, 5.41) is 13.2. The van der Waals surface area contributed by atoms with Gasteiger partial charge in [0.05, 0.1) is 35.5 Å². The Balaban J connectivity index is 1.67. The van der Waals surface area contributed by atoms with E-state index in [2.05, 4.69) is 16.6 Å². The number of nitrogens with one attached hydrogen (secondary N) is 1. The van der Waals surface area contributed by atoms with Crippen molar-refractivity contribution in [1.82, 2.24) is 5.43 Å². The smallest absolute Gasteiger partial charge is 0.272 e. The van der Waals surface area contributed by atoms with E-state index in [1.807, 2.05) is 12.1 Å². The molecule has 0 bridgehead atoms. The Hall–Kier alpha value is -3.82. The van der Waals surface area contributed by atoms with Gasteiger partial charge in [0.25, 0.3) is 5.91 Å². The molecule has 0 saturated carbocycles. The lowest BCUT2D eigenvalue weighted by molar-refractivity contribution is 0.0955. The number of ether oxygens (including phenoxy) is 2. The Morgan fingerprint density at radius 3 is 2.63 bits per heavy atom. The van der Waals surface area contributed by atoms with Crippen LogP contribution in [0.3, 0.4) is 0 Å². The lowest BCUT2D eigenvalue weighted by atomic mass is 10.1. The minimum Gasteiger partial charge on any atom is -0.496 e. The molecular formula is C23H18ClN3O3. The molecule has 30 heavy (non-hydrogen) atoms. The molecule has 0 aliphatic carbocycles. The molecule has 0 radical (unpaired) electrons. The lowest BCUT2D eigenvalue weighted by Gasteiger charge is -2.11. The molecule has 0 atom stereocenters. The molecule has 0 spiro atoms. The largest absolute Gasteiger partial charge is 0.496 e. The van der Waals surface area contributed by atoms with E-state index in [1.165, 1.54) is 6.21 Å². The molecule has 0 heterocycles. The van der Waals surface area contributed by atoms with Crippen LogP contribution in [0.2, 0.25) is 5.02 Å². The first-order chi connectivity index (χ1) is 14.6. The molecule has 3 aromatic rings. The van der Waals surface area contributed by atoms with Crippen molar-refractivity contribution in [2.45, 2.75) is 6.61 Å². The van der Waals surface area contributed by atoms with Crippen LogP contribution in [0.15, 0.2) is 71.8 Å². The van der Waals surface area contributed by atoms with Crippen LogP contribution < -0.4 is 14.9 Å². The number of nitrogens with zero attached hydrogens (tertiary/aromatic N) is 2. The van der Waals surface area contributed by atoms with Crippen molar-refractivity contribution in [2.75, 3.05) is 7.11 Å². The van der Waals surface area contributed by atoms with E-state index in [1.54, 1.807) is 61.7 Å². The van der Waals surface area contributed by atoms with Crippen molar-refractivity contribution in [2.24, 2.45) is 5.10 Å². The van der Waals surface area contributed by atoms with E-state index in [0.717, 1.165) is 11.1 Å². The molecule has 0 saturated heterocycles. The number of hydrogen-bond acceptors (Lipinski definition) is 5. The third kappa shape index (κ3) is 5.37. The van der Waals surface area contributed by atoms with Crippen molar-refractivity contribution in [3.8, 4) is 17.6 Å². The third-order valence-corrected chi connectivity index (χ3v) is 4.51. The highest BCUT2D eigenvalue weighted by Crippen LogP contribution is 2.22. The SMILES string of the molecule is COc1ccc(/C=N/NC(=O)c2ccccc2Cl)cc1COc1ccc(C#N)cc1. The number of halogens is 1. The van der Waals surface area contributed by atoms with Gasteiger partial charge < -0.3 is 9.47 Å². The highest BCUT2D eigenvalue weighted by molar-refractivity contribution is 6.33. The van der Waals surface area contributed by atoms with Crippen LogP contribution >= 0.6 is 11.6 Å². The van der Waals surface area contributed by atoms with Gasteiger partial charge in [-0.15, -0.1) is 0 Å². The van der Waals surface area contributed by atoms with Gasteiger partial charge in [0.15, 0.2) is 0 Å². The first kappa shape index (κ1) is 20.9. The number of methoxy groups -OCH3 is 1. The Morgan fingerprint density at radius 2 is 1.93 bits per heavy atom. The first-order valence-corrected chi connectivity index (χ1v) is 9.36. The minimum absolute atomic E-state index is 0.267. The van der Waals surface area contributed by atoms with E-state index in [4.69, 9.17) is 26.3 Å². The van der Waals surface area contributed by atoms with Gasteiger partial charge in [-0.3, -0.25) is 4.79 Å². The summed E-state index contributed by atoms with van der Waals surface area (Å²) in [6.07, 6.45) is 1.53. The molecule has 6 nitrogen and oxygen atoms in total. The molecule has 3 aromatic carbocycles. The van der Waals surface area contributed by atoms with Crippen LogP contribution in [-0.4, -0.2) is 19.2 Å². The summed E-state index contributed by atoms with van der Waals surface area (Å²) < 4.78 is 11.2. The number of benzene rings is 3. The maximum atomic E-state index is 12.2. The van der Waals surface area contributed by atoms with Crippen LogP contribution in [0, 0.1) is 11.3 Å². The molecule has 1 amide bonds. The van der Waals surface area contributed by atoms with Crippen molar-refractivity contribution >= 4 is 23.7 Å². The van der Waals surface area contributed by atoms with Crippen LogP contribution in [0.4, 0.5) is 0 Å². The zero-order valence-electron chi connectivity index (χ0n) is 16.1. The number of carbonyl (C=O) groups excluding carboxylic acids is 1. The second-order valence-corrected chi connectivity index (χ2v) is 6.58. The van der Waals surface area contributed by atoms with Gasteiger partial charge >= 0.3 is 0 Å². The molecular weight excluding hydrogens is 402 g/mol. The number of hydrogen-bond donors (Lipinski definition) is 1. The fourth-order valence-electron chi connectivity index (χ4n) is 2.65. The Bertz CT molecular complexity index is 1110. The van der Waals surface area contributed by atoms with Crippen LogP contribution in [0.5, 0.6) is 11.5 Å². The third-order valence-electron chi connectivity index (χ3n) is 4.18. The van der Waals surface area contributed by atoms with Crippen molar-refractivity contribution in [3.63, 3.8) is 0 Å². The van der Waals surface area contributed by atoms with Gasteiger partial charge in [0, 0.05) is 5.56 Å². The molecule has 7 heteroatoms. The van der Waals surface area contributed by atoms with Crippen molar-refractivity contribution in [1.29, 1.82) is 5.26 Å². The van der Waals surface area contributed by atoms with Crippen LogP contribution in [0.1, 0.15) is 27.0 Å². The molecule has 1 N–H and O–H groups in total. The van der Waals surface area contributed by atoms with Crippen LogP contribution in [0.25, 0.3) is 0 Å². The molecule has 0 unspecified atom stereocenters. The average molecular weight is 420 g/mol. The van der Waals surface area contributed by atoms with E-state index in [-0.39, 0.29) is 6.61 Å². The summed E-state index contributed by atoms with van der Waals surface area (Å²) in [6.45, 7) is 0.267. The monoisotopic (exact) mass is 419 g/mol. The highest BCUT2D eigenvalue weighted by Gasteiger charge is 2.08. The summed E-state index contributed by atoms with van der Waals surface area (Å²) in [7, 11) is 1.58. The van der Waals surface area contributed by atoms with E-state index in [0.29, 0.717) is 27.6 Å². The first-order valence-electron chi connectivity index (χ1n) is 8.98. The Kier molecular flexibility index (Phi) is 7.04. The second-order valence-electron chi connectivity index (χ2n) is 6.18. The quantitative estimate of drug-likeness (QED) is 0.449. The normalized spacial score (nSPS) is 10.4. The summed E-state index contributed by atoms with van der Waals surface area (Å²) in [4.78, 5) is 12.2. The topological polar surface area (TPSA) is 83.7 Å². The number of hydrazone groups is 1. The van der Waals surface area contributed by atoms with Gasteiger partial charge in [0.2, 0.25) is 0 Å². The Morgan fingerprint density at radius 1 is 1.17 bits per heavy atom. The zero-order chi connectivity index (χ0) is 21.3. The lowest BCUT2D eigenvalue weighted by Crippen LogP contribution is -2.17. The number of rotatable bonds is 7. The van der Waals surface area contributed by atoms with Gasteiger partial charge in [-0.05, 0) is 60.2 Å². The van der Waals surface area contributed by atoms with Gasteiger partial charge in [-0.1, -0.05) is 23.7 Å². The van der Waals surface area contributed by atoms with E-state index < -0.39 is 5.91 Å². The minimum atomic E-state index is -0.394. The zero-order valence-corrected chi connectivity index (χ0v) is 16.9. The van der Waals surface area contributed by atoms with Crippen molar-refractivity contribution < 1.29 is 14.3 Å². The standard InChI is InChI=1S/C23H18ClN3O3/c1-29-22-11-8-17(14-26-27-23(28)20-4-2-3-5-21(20)24)12-18(22)15-30-19-9-6-16(13-25)7-10-19/h2-12,14H,15H2,1H3,(H,27,28)/b26-14+. The molecule has 0 fully saturated rings. The van der Waals surface area contributed by atoms with Gasteiger partial charge in [-0.2, -0.15) is 10.4 Å². The van der Waals surface area contributed by atoms with Gasteiger partial charge in [0.1, 0.15) is 18.1 Å². The fourth-order valence-corrected chi connectivity index (χ4v) is 2.87. The molecule has 150 valence electrons. The number of nitriles is 1. The maximum absolute atomic E-state index is 12.2. The predicted molar refractivity (Wildman–Crippen MR) is 115 cm³/mol. The maximum Gasteiger partial charge on any atom is 0.272 e. The van der Waals surface area contributed by atoms with E-state index in [9.17, 15) is 4.79 Å². The molecule has 3 rings (SSSR count). The fraction of sp³-hybridized carbons (Fsp3) is 0.0870. The number of amides is 1. The van der Waals surface area contributed by atoms with Gasteiger partial charge in [-0.25, -0.2) is 5.43 Å².